The maximum absolute atomic E-state index is 13.5. The Bertz CT molecular complexity index is 829. The van der Waals surface area contributed by atoms with Crippen LogP contribution < -0.4 is 10.2 Å². The van der Waals surface area contributed by atoms with E-state index in [9.17, 15) is 18.0 Å². The molecule has 7 heteroatoms. The molecule has 0 unspecified atom stereocenters. The second kappa shape index (κ2) is 8.93. The summed E-state index contributed by atoms with van der Waals surface area (Å²) in [5, 5.41) is 2.52. The summed E-state index contributed by atoms with van der Waals surface area (Å²) < 4.78 is 45.8. The topological polar surface area (TPSA) is 41.6 Å². The number of carbonyl (C=O) groups excluding carboxylic acids is 1. The first-order chi connectivity index (χ1) is 13.4. The Morgan fingerprint density at radius 2 is 1.82 bits per heavy atom. The smallest absolute Gasteiger partial charge is 0.378 e. The lowest BCUT2D eigenvalue weighted by molar-refractivity contribution is -0.138. The standard InChI is InChI=1S/C21H21F3N2O2/c22-21(23,24)19-14-18(26-10-12-28-13-11-26)8-7-17(19)15-25-20(27)9-6-16-4-2-1-3-5-16/h1-9,14H,10-13,15H2,(H,25,27). The highest BCUT2D eigenvalue weighted by Crippen LogP contribution is 2.35. The van der Waals surface area contributed by atoms with Crippen LogP contribution in [0.5, 0.6) is 0 Å². The molecule has 0 bridgehead atoms. The Morgan fingerprint density at radius 1 is 1.11 bits per heavy atom. The summed E-state index contributed by atoms with van der Waals surface area (Å²) in [5.41, 5.74) is 0.646. The second-order valence-corrected chi connectivity index (χ2v) is 6.40. The normalized spacial score (nSPS) is 15.0. The number of rotatable bonds is 5. The van der Waals surface area contributed by atoms with Gasteiger partial charge in [0.15, 0.2) is 0 Å². The fourth-order valence-corrected chi connectivity index (χ4v) is 2.98. The van der Waals surface area contributed by atoms with Crippen LogP contribution in [0.4, 0.5) is 18.9 Å². The quantitative estimate of drug-likeness (QED) is 0.788. The van der Waals surface area contributed by atoms with E-state index in [1.165, 1.54) is 12.1 Å². The van der Waals surface area contributed by atoms with Crippen LogP contribution in [0.1, 0.15) is 16.7 Å². The van der Waals surface area contributed by atoms with E-state index in [0.29, 0.717) is 32.0 Å². The number of anilines is 1. The van der Waals surface area contributed by atoms with Gasteiger partial charge in [0.25, 0.3) is 0 Å². The largest absolute Gasteiger partial charge is 0.416 e. The van der Waals surface area contributed by atoms with E-state index in [0.717, 1.165) is 11.6 Å². The number of morpholine rings is 1. The molecule has 1 aliphatic rings. The third-order valence-corrected chi connectivity index (χ3v) is 4.45. The molecule has 3 rings (SSSR count). The van der Waals surface area contributed by atoms with Gasteiger partial charge in [0.05, 0.1) is 18.8 Å². The molecule has 1 aliphatic heterocycles. The molecule has 1 fully saturated rings. The average molecular weight is 390 g/mol. The highest BCUT2D eigenvalue weighted by molar-refractivity contribution is 5.91. The number of hydrogen-bond acceptors (Lipinski definition) is 3. The molecule has 0 aliphatic carbocycles. The molecule has 0 saturated carbocycles. The molecule has 1 amide bonds. The van der Waals surface area contributed by atoms with Crippen LogP contribution >= 0.6 is 0 Å². The molecule has 1 saturated heterocycles. The summed E-state index contributed by atoms with van der Waals surface area (Å²) in [7, 11) is 0. The molecule has 0 atom stereocenters. The lowest BCUT2D eigenvalue weighted by Crippen LogP contribution is -2.36. The number of benzene rings is 2. The molecule has 148 valence electrons. The Labute approximate surface area is 161 Å². The highest BCUT2D eigenvalue weighted by Gasteiger charge is 2.34. The fraction of sp³-hybridized carbons (Fsp3) is 0.286. The summed E-state index contributed by atoms with van der Waals surface area (Å²) in [6, 6.07) is 13.4. The minimum atomic E-state index is -4.50. The van der Waals surface area contributed by atoms with Crippen molar-refractivity contribution in [3.05, 3.63) is 71.3 Å². The fourth-order valence-electron chi connectivity index (χ4n) is 2.98. The average Bonchev–Trinajstić information content (AvgIpc) is 2.71. The van der Waals surface area contributed by atoms with Crippen LogP contribution in [0.25, 0.3) is 6.08 Å². The van der Waals surface area contributed by atoms with Gasteiger partial charge >= 0.3 is 6.18 Å². The Morgan fingerprint density at radius 3 is 2.50 bits per heavy atom. The molecular weight excluding hydrogens is 369 g/mol. The number of nitrogens with zero attached hydrogens (tertiary/aromatic N) is 1. The molecule has 28 heavy (non-hydrogen) atoms. The van der Waals surface area contributed by atoms with Gasteiger partial charge in [-0.05, 0) is 29.3 Å². The van der Waals surface area contributed by atoms with E-state index in [2.05, 4.69) is 5.32 Å². The van der Waals surface area contributed by atoms with Crippen LogP contribution in [0.3, 0.4) is 0 Å². The predicted molar refractivity (Wildman–Crippen MR) is 102 cm³/mol. The van der Waals surface area contributed by atoms with Crippen molar-refractivity contribution >= 4 is 17.7 Å². The van der Waals surface area contributed by atoms with Gasteiger partial charge in [0.2, 0.25) is 5.91 Å². The molecule has 2 aromatic rings. The van der Waals surface area contributed by atoms with Crippen LogP contribution in [0, 0.1) is 0 Å². The third-order valence-electron chi connectivity index (χ3n) is 4.45. The lowest BCUT2D eigenvalue weighted by atomic mass is 10.0. The summed E-state index contributed by atoms with van der Waals surface area (Å²) in [4.78, 5) is 13.8. The molecular formula is C21H21F3N2O2. The number of carbonyl (C=O) groups is 1. The van der Waals surface area contributed by atoms with E-state index < -0.39 is 17.6 Å². The molecule has 4 nitrogen and oxygen atoms in total. The first kappa shape index (κ1) is 19.9. The van der Waals surface area contributed by atoms with E-state index in [1.807, 2.05) is 35.2 Å². The summed E-state index contributed by atoms with van der Waals surface area (Å²) >= 11 is 0. The first-order valence-electron chi connectivity index (χ1n) is 8.97. The molecule has 1 heterocycles. The van der Waals surface area contributed by atoms with Crippen molar-refractivity contribution in [3.8, 4) is 0 Å². The minimum absolute atomic E-state index is 0.0333. The minimum Gasteiger partial charge on any atom is -0.378 e. The number of halogens is 3. The van der Waals surface area contributed by atoms with Gasteiger partial charge in [-0.15, -0.1) is 0 Å². The maximum atomic E-state index is 13.5. The Hall–Kier alpha value is -2.80. The van der Waals surface area contributed by atoms with Gasteiger partial charge in [0, 0.05) is 31.4 Å². The third kappa shape index (κ3) is 5.36. The van der Waals surface area contributed by atoms with Crippen molar-refractivity contribution in [1.82, 2.24) is 5.32 Å². The second-order valence-electron chi connectivity index (χ2n) is 6.40. The summed E-state index contributed by atoms with van der Waals surface area (Å²) in [6.45, 7) is 1.89. The zero-order chi connectivity index (χ0) is 20.0. The summed E-state index contributed by atoms with van der Waals surface area (Å²) in [6.07, 6.45) is -1.57. The number of amides is 1. The number of hydrogen-bond donors (Lipinski definition) is 1. The van der Waals surface area contributed by atoms with Crippen LogP contribution in [0.2, 0.25) is 0 Å². The monoisotopic (exact) mass is 390 g/mol. The van der Waals surface area contributed by atoms with E-state index >= 15 is 0 Å². The van der Waals surface area contributed by atoms with Crippen molar-refractivity contribution in [2.75, 3.05) is 31.2 Å². The van der Waals surface area contributed by atoms with Gasteiger partial charge in [-0.2, -0.15) is 13.2 Å². The summed E-state index contributed by atoms with van der Waals surface area (Å²) in [5.74, 6) is -0.450. The molecule has 1 N–H and O–H groups in total. The van der Waals surface area contributed by atoms with Crippen LogP contribution in [-0.2, 0) is 22.3 Å². The van der Waals surface area contributed by atoms with Crippen molar-refractivity contribution in [2.24, 2.45) is 0 Å². The van der Waals surface area contributed by atoms with Crippen molar-refractivity contribution < 1.29 is 22.7 Å². The zero-order valence-corrected chi connectivity index (χ0v) is 15.2. The lowest BCUT2D eigenvalue weighted by Gasteiger charge is -2.29. The SMILES string of the molecule is O=C(C=Cc1ccccc1)NCc1ccc(N2CCOCC2)cc1C(F)(F)F. The number of ether oxygens (including phenoxy) is 1. The van der Waals surface area contributed by atoms with Crippen LogP contribution in [-0.4, -0.2) is 32.2 Å². The number of alkyl halides is 3. The molecule has 2 aromatic carbocycles. The highest BCUT2D eigenvalue weighted by atomic mass is 19.4. The van der Waals surface area contributed by atoms with Crippen molar-refractivity contribution in [2.45, 2.75) is 12.7 Å². The first-order valence-corrected chi connectivity index (χ1v) is 8.97. The zero-order valence-electron chi connectivity index (χ0n) is 15.2. The van der Waals surface area contributed by atoms with E-state index in [-0.39, 0.29) is 12.1 Å². The maximum Gasteiger partial charge on any atom is 0.416 e. The predicted octanol–water partition coefficient (Wildman–Crippen LogP) is 3.87. The molecule has 0 spiro atoms. The van der Waals surface area contributed by atoms with Gasteiger partial charge in [-0.1, -0.05) is 36.4 Å². The number of nitrogens with one attached hydrogen (secondary N) is 1. The van der Waals surface area contributed by atoms with Gasteiger partial charge in [-0.3, -0.25) is 4.79 Å². The van der Waals surface area contributed by atoms with E-state index in [1.54, 1.807) is 12.1 Å². The van der Waals surface area contributed by atoms with Crippen molar-refractivity contribution in [1.29, 1.82) is 0 Å². The van der Waals surface area contributed by atoms with Gasteiger partial charge < -0.3 is 15.0 Å². The molecule has 0 aromatic heterocycles. The van der Waals surface area contributed by atoms with Gasteiger partial charge in [-0.25, -0.2) is 0 Å². The Kier molecular flexibility index (Phi) is 6.36. The van der Waals surface area contributed by atoms with Crippen LogP contribution in [0.15, 0.2) is 54.6 Å². The Balaban J connectivity index is 1.70. The van der Waals surface area contributed by atoms with Crippen molar-refractivity contribution in [3.63, 3.8) is 0 Å². The molecule has 0 radical (unpaired) electrons. The van der Waals surface area contributed by atoms with Gasteiger partial charge in [0.1, 0.15) is 0 Å². The van der Waals surface area contributed by atoms with E-state index in [4.69, 9.17) is 4.74 Å².